The van der Waals surface area contributed by atoms with Crippen molar-refractivity contribution >= 4 is 13.7 Å². The van der Waals surface area contributed by atoms with E-state index in [2.05, 4.69) is 55.6 Å². The summed E-state index contributed by atoms with van der Waals surface area (Å²) in [5.41, 5.74) is 0. The van der Waals surface area contributed by atoms with Crippen LogP contribution in [0.25, 0.3) is 0 Å². The van der Waals surface area contributed by atoms with Gasteiger partial charge in [0.1, 0.15) is 13.2 Å². The molecule has 0 rings (SSSR count). The Bertz CT molecular complexity index is 1180. The fourth-order valence-corrected chi connectivity index (χ4v) is 8.45. The maximum Gasteiger partial charge on any atom is 0.472 e. The average molecular weight is 922 g/mol. The van der Waals surface area contributed by atoms with Crippen LogP contribution < -0.4 is 5.32 Å². The van der Waals surface area contributed by atoms with Gasteiger partial charge in [0.25, 0.3) is 0 Å². The number of nitrogens with one attached hydrogen (secondary N) is 1. The number of rotatable bonds is 49. The number of phosphoric ester groups is 1. The molecule has 0 radical (unpaired) electrons. The number of likely N-dealkylation sites (N-methyl/N-ethyl adjacent to an activating group) is 1. The van der Waals surface area contributed by atoms with Gasteiger partial charge in [0.15, 0.2) is 0 Å². The molecule has 0 aliphatic heterocycles. The summed E-state index contributed by atoms with van der Waals surface area (Å²) >= 11 is 0. The van der Waals surface area contributed by atoms with Crippen LogP contribution in [0.4, 0.5) is 0 Å². The Kier molecular flexibility index (Phi) is 45.4. The molecule has 0 bridgehead atoms. The summed E-state index contributed by atoms with van der Waals surface area (Å²) in [7, 11) is 1.54. The van der Waals surface area contributed by atoms with Crippen molar-refractivity contribution in [1.82, 2.24) is 5.32 Å². The third-order valence-electron chi connectivity index (χ3n) is 12.0. The van der Waals surface area contributed by atoms with E-state index in [1.165, 1.54) is 180 Å². The third kappa shape index (κ3) is 48.4. The van der Waals surface area contributed by atoms with E-state index < -0.39 is 20.0 Å². The molecule has 0 fully saturated rings. The summed E-state index contributed by atoms with van der Waals surface area (Å²) in [5.74, 6) is -0.194. The lowest BCUT2D eigenvalue weighted by Crippen LogP contribution is -2.45. The Labute approximate surface area is 397 Å². The first-order chi connectivity index (χ1) is 31.0. The first-order valence-electron chi connectivity index (χ1n) is 27.0. The monoisotopic (exact) mass is 922 g/mol. The van der Waals surface area contributed by atoms with E-state index in [4.69, 9.17) is 9.05 Å². The van der Waals surface area contributed by atoms with Crippen LogP contribution in [0.3, 0.4) is 0 Å². The largest absolute Gasteiger partial charge is 0.472 e. The molecule has 0 aromatic heterocycles. The van der Waals surface area contributed by atoms with E-state index >= 15 is 0 Å². The molecule has 0 aliphatic rings. The number of carbonyl (C=O) groups excluding carboxylic acids is 1. The minimum Gasteiger partial charge on any atom is -0.387 e. The lowest BCUT2D eigenvalue weighted by atomic mass is 10.0. The number of carbonyl (C=O) groups is 1. The molecule has 0 aromatic carbocycles. The SMILES string of the molecule is CCCCCCCCCCC/C=C\CCCCCCCCCC(=O)NC(COP(=O)(O)OCC[N+](C)(C)C)C(O)/C=C/CC/C=C/CC/C=C/CCCCCCCCCCCCCC. The second-order valence-electron chi connectivity index (χ2n) is 19.6. The van der Waals surface area contributed by atoms with Gasteiger partial charge in [-0.1, -0.05) is 217 Å². The van der Waals surface area contributed by atoms with Gasteiger partial charge < -0.3 is 19.8 Å². The molecule has 0 aromatic rings. The summed E-state index contributed by atoms with van der Waals surface area (Å²) in [6.07, 6.45) is 60.6. The van der Waals surface area contributed by atoms with Gasteiger partial charge in [-0.05, 0) is 70.6 Å². The van der Waals surface area contributed by atoms with Gasteiger partial charge in [-0.2, -0.15) is 0 Å². The summed E-state index contributed by atoms with van der Waals surface area (Å²) < 4.78 is 23.6. The van der Waals surface area contributed by atoms with Crippen LogP contribution in [0.5, 0.6) is 0 Å². The zero-order chi connectivity index (χ0) is 47.1. The molecule has 9 heteroatoms. The fraction of sp³-hybridized carbons (Fsp3) is 0.836. The van der Waals surface area contributed by atoms with Crippen molar-refractivity contribution in [1.29, 1.82) is 0 Å². The van der Waals surface area contributed by atoms with Crippen LogP contribution >= 0.6 is 7.82 Å². The molecule has 1 amide bonds. The third-order valence-corrected chi connectivity index (χ3v) is 13.0. The molecule has 0 heterocycles. The number of allylic oxidation sites excluding steroid dienone is 7. The maximum absolute atomic E-state index is 12.9. The number of hydrogen-bond acceptors (Lipinski definition) is 5. The highest BCUT2D eigenvalue weighted by Crippen LogP contribution is 2.43. The Morgan fingerprint density at radius 3 is 1.25 bits per heavy atom. The number of aliphatic hydroxyl groups is 1. The minimum atomic E-state index is -4.36. The molecule has 3 atom stereocenters. The zero-order valence-corrected chi connectivity index (χ0v) is 43.7. The van der Waals surface area contributed by atoms with Crippen molar-refractivity contribution in [2.45, 2.75) is 257 Å². The molecular formula is C55H106N2O6P+. The lowest BCUT2D eigenvalue weighted by molar-refractivity contribution is -0.870. The number of amides is 1. The molecule has 0 saturated heterocycles. The van der Waals surface area contributed by atoms with Crippen LogP contribution in [0.2, 0.25) is 0 Å². The highest BCUT2D eigenvalue weighted by atomic mass is 31.2. The molecule has 3 unspecified atom stereocenters. The molecule has 0 spiro atoms. The molecule has 64 heavy (non-hydrogen) atoms. The molecule has 3 N–H and O–H groups in total. The Morgan fingerprint density at radius 2 is 0.859 bits per heavy atom. The van der Waals surface area contributed by atoms with Gasteiger partial charge in [0, 0.05) is 6.42 Å². The predicted octanol–water partition coefficient (Wildman–Crippen LogP) is 16.0. The van der Waals surface area contributed by atoms with E-state index in [1.807, 2.05) is 27.2 Å². The van der Waals surface area contributed by atoms with E-state index in [-0.39, 0.29) is 19.1 Å². The van der Waals surface area contributed by atoms with Crippen LogP contribution in [0, 0.1) is 0 Å². The van der Waals surface area contributed by atoms with Crippen molar-refractivity contribution < 1.29 is 32.9 Å². The average Bonchev–Trinajstić information content (AvgIpc) is 3.25. The van der Waals surface area contributed by atoms with Crippen molar-refractivity contribution in [2.24, 2.45) is 0 Å². The number of hydrogen-bond donors (Lipinski definition) is 3. The van der Waals surface area contributed by atoms with Crippen molar-refractivity contribution in [3.63, 3.8) is 0 Å². The molecule has 376 valence electrons. The van der Waals surface area contributed by atoms with Gasteiger partial charge in [-0.15, -0.1) is 0 Å². The van der Waals surface area contributed by atoms with Crippen LogP contribution in [0.15, 0.2) is 48.6 Å². The van der Waals surface area contributed by atoms with Gasteiger partial charge >= 0.3 is 7.82 Å². The van der Waals surface area contributed by atoms with Crippen molar-refractivity contribution in [2.75, 3.05) is 40.9 Å². The highest BCUT2D eigenvalue weighted by molar-refractivity contribution is 7.47. The predicted molar refractivity (Wildman–Crippen MR) is 277 cm³/mol. The Morgan fingerprint density at radius 1 is 0.516 bits per heavy atom. The number of quaternary nitrogens is 1. The zero-order valence-electron chi connectivity index (χ0n) is 42.8. The van der Waals surface area contributed by atoms with E-state index in [9.17, 15) is 19.4 Å². The second kappa shape index (κ2) is 46.6. The molecule has 0 saturated carbocycles. The highest BCUT2D eigenvalue weighted by Gasteiger charge is 2.27. The minimum absolute atomic E-state index is 0.0521. The van der Waals surface area contributed by atoms with Crippen molar-refractivity contribution in [3.8, 4) is 0 Å². The fourth-order valence-electron chi connectivity index (χ4n) is 7.72. The molecule has 8 nitrogen and oxygen atoms in total. The normalized spacial score (nSPS) is 14.4. The first kappa shape index (κ1) is 62.5. The van der Waals surface area contributed by atoms with Gasteiger partial charge in [0.2, 0.25) is 5.91 Å². The van der Waals surface area contributed by atoms with Gasteiger partial charge in [-0.25, -0.2) is 4.57 Å². The van der Waals surface area contributed by atoms with E-state index in [0.29, 0.717) is 17.4 Å². The quantitative estimate of drug-likeness (QED) is 0.0243. The number of nitrogens with zero attached hydrogens (tertiary/aromatic N) is 1. The summed E-state index contributed by atoms with van der Waals surface area (Å²) in [5, 5.41) is 13.9. The van der Waals surface area contributed by atoms with E-state index in [0.717, 1.165) is 44.9 Å². The molecule has 0 aliphatic carbocycles. The standard InChI is InChI=1S/C55H105N2O6P/c1-6-8-10-12-14-16-18-20-22-24-26-28-29-30-32-34-36-38-40-42-44-46-48-54(58)53(52-63-64(60,61)62-51-50-57(3,4)5)56-55(59)49-47-45-43-41-39-37-35-33-31-27-25-23-21-19-17-15-13-11-9-7-2/h27,30-32,38,40,46,48,53-54,58H,6-26,28-29,33-37,39,41-45,47,49-52H2,1-5H3,(H-,56,59,60,61)/p+1/b31-27-,32-30+,40-38+,48-46+. The van der Waals surface area contributed by atoms with E-state index in [1.54, 1.807) is 6.08 Å². The summed E-state index contributed by atoms with van der Waals surface area (Å²) in [4.78, 5) is 23.2. The van der Waals surface area contributed by atoms with Gasteiger partial charge in [0.05, 0.1) is 39.9 Å². The second-order valence-corrected chi connectivity index (χ2v) is 21.0. The van der Waals surface area contributed by atoms with Crippen LogP contribution in [-0.4, -0.2) is 73.4 Å². The Balaban J connectivity index is 4.36. The van der Waals surface area contributed by atoms with Crippen LogP contribution in [-0.2, 0) is 18.4 Å². The van der Waals surface area contributed by atoms with Gasteiger partial charge in [-0.3, -0.25) is 13.8 Å². The van der Waals surface area contributed by atoms with Crippen LogP contribution in [0.1, 0.15) is 245 Å². The summed E-state index contributed by atoms with van der Waals surface area (Å²) in [6.45, 7) is 4.80. The smallest absolute Gasteiger partial charge is 0.387 e. The molecular weight excluding hydrogens is 816 g/mol. The maximum atomic E-state index is 12.9. The number of phosphoric acid groups is 1. The number of aliphatic hydroxyl groups excluding tert-OH is 1. The first-order valence-corrected chi connectivity index (χ1v) is 28.5. The lowest BCUT2D eigenvalue weighted by Gasteiger charge is -2.25. The number of unbranched alkanes of at least 4 members (excludes halogenated alkanes) is 30. The van der Waals surface area contributed by atoms with Crippen molar-refractivity contribution in [3.05, 3.63) is 48.6 Å². The summed E-state index contributed by atoms with van der Waals surface area (Å²) in [6, 6.07) is -0.873. The topological polar surface area (TPSA) is 105 Å². The Hall–Kier alpha value is -1.54.